The summed E-state index contributed by atoms with van der Waals surface area (Å²) in [4.78, 5) is 0. The average molecular weight is 290 g/mol. The fraction of sp³-hybridized carbons (Fsp3) is 0.357. The summed E-state index contributed by atoms with van der Waals surface area (Å²) >= 11 is 5.17. The lowest BCUT2D eigenvalue weighted by molar-refractivity contribution is 0.340. The molecule has 0 amide bonds. The van der Waals surface area contributed by atoms with Crippen LogP contribution in [-0.4, -0.2) is 27.7 Å². The largest absolute Gasteiger partial charge is 0.494 e. The highest BCUT2D eigenvalue weighted by Gasteiger charge is 2.02. The summed E-state index contributed by atoms with van der Waals surface area (Å²) < 4.78 is 7.57. The van der Waals surface area contributed by atoms with Crippen LogP contribution >= 0.6 is 12.2 Å². The Hall–Kier alpha value is -1.95. The van der Waals surface area contributed by atoms with E-state index >= 15 is 0 Å². The van der Waals surface area contributed by atoms with Gasteiger partial charge in [-0.25, -0.2) is 0 Å². The number of ether oxygens (including phenoxy) is 1. The molecule has 0 saturated heterocycles. The third-order valence-corrected chi connectivity index (χ3v) is 2.97. The van der Waals surface area contributed by atoms with Crippen molar-refractivity contribution in [1.29, 1.82) is 0 Å². The Balaban J connectivity index is 2.16. The Labute approximate surface area is 123 Å². The van der Waals surface area contributed by atoms with Crippen molar-refractivity contribution in [2.24, 2.45) is 5.10 Å². The van der Waals surface area contributed by atoms with Crippen LogP contribution in [0.2, 0.25) is 0 Å². The first-order valence-electron chi connectivity index (χ1n) is 6.68. The lowest BCUT2D eigenvalue weighted by atomic mass is 10.2. The van der Waals surface area contributed by atoms with E-state index in [4.69, 9.17) is 17.0 Å². The van der Waals surface area contributed by atoms with Crippen molar-refractivity contribution in [2.75, 3.05) is 6.61 Å². The second-order valence-corrected chi connectivity index (χ2v) is 4.64. The third-order valence-electron chi connectivity index (χ3n) is 2.70. The molecule has 1 aromatic carbocycles. The average Bonchev–Trinajstić information content (AvgIpc) is 2.80. The van der Waals surface area contributed by atoms with Crippen molar-refractivity contribution in [3.05, 3.63) is 40.4 Å². The smallest absolute Gasteiger partial charge is 0.216 e. The maximum absolute atomic E-state index is 5.40. The maximum Gasteiger partial charge on any atom is 0.216 e. The molecule has 0 aliphatic rings. The summed E-state index contributed by atoms with van der Waals surface area (Å²) in [7, 11) is 0. The Bertz CT molecular complexity index is 627. The van der Waals surface area contributed by atoms with E-state index in [1.165, 1.54) is 0 Å². The monoisotopic (exact) mass is 290 g/mol. The van der Waals surface area contributed by atoms with Crippen molar-refractivity contribution in [3.63, 3.8) is 0 Å². The number of aryl methyl sites for hydroxylation is 1. The minimum atomic E-state index is 0.510. The van der Waals surface area contributed by atoms with Crippen molar-refractivity contribution in [3.8, 4) is 5.75 Å². The van der Waals surface area contributed by atoms with Crippen LogP contribution in [0.15, 0.2) is 29.4 Å². The van der Waals surface area contributed by atoms with Gasteiger partial charge in [0, 0.05) is 6.42 Å². The number of rotatable bonds is 6. The van der Waals surface area contributed by atoms with E-state index in [0.29, 0.717) is 11.4 Å². The summed E-state index contributed by atoms with van der Waals surface area (Å²) in [5.41, 5.74) is 0.985. The summed E-state index contributed by atoms with van der Waals surface area (Å²) in [6.07, 6.45) is 3.60. The number of hydrogen-bond donors (Lipinski definition) is 1. The first-order chi connectivity index (χ1) is 9.74. The molecule has 0 aliphatic carbocycles. The molecule has 0 unspecified atom stereocenters. The van der Waals surface area contributed by atoms with Crippen LogP contribution in [0, 0.1) is 4.77 Å². The summed E-state index contributed by atoms with van der Waals surface area (Å²) in [6.45, 7) is 4.72. The van der Waals surface area contributed by atoms with Crippen LogP contribution < -0.4 is 4.74 Å². The van der Waals surface area contributed by atoms with Crippen molar-refractivity contribution >= 4 is 18.4 Å². The molecule has 0 radical (unpaired) electrons. The fourth-order valence-electron chi connectivity index (χ4n) is 1.77. The van der Waals surface area contributed by atoms with E-state index in [2.05, 4.69) is 22.2 Å². The Morgan fingerprint density at radius 3 is 2.75 bits per heavy atom. The number of hydrogen-bond acceptors (Lipinski definition) is 4. The predicted molar refractivity (Wildman–Crippen MR) is 82.0 cm³/mol. The minimum absolute atomic E-state index is 0.510. The molecule has 6 heteroatoms. The van der Waals surface area contributed by atoms with Crippen LogP contribution in [0.4, 0.5) is 0 Å². The van der Waals surface area contributed by atoms with E-state index in [1.807, 2.05) is 31.2 Å². The van der Waals surface area contributed by atoms with Gasteiger partial charge in [-0.15, -0.1) is 0 Å². The minimum Gasteiger partial charge on any atom is -0.494 e. The van der Waals surface area contributed by atoms with Gasteiger partial charge in [-0.3, -0.25) is 5.10 Å². The number of nitrogens with zero attached hydrogens (tertiary/aromatic N) is 3. The molecule has 1 N–H and O–H groups in total. The van der Waals surface area contributed by atoms with Gasteiger partial charge in [0.05, 0.1) is 12.8 Å². The van der Waals surface area contributed by atoms with Crippen molar-refractivity contribution in [2.45, 2.75) is 26.7 Å². The molecule has 1 aromatic heterocycles. The molecule has 0 fully saturated rings. The lowest BCUT2D eigenvalue weighted by Crippen LogP contribution is -1.98. The topological polar surface area (TPSA) is 55.2 Å². The highest BCUT2D eigenvalue weighted by Crippen LogP contribution is 2.11. The van der Waals surface area contributed by atoms with E-state index in [0.717, 1.165) is 30.0 Å². The highest BCUT2D eigenvalue weighted by atomic mass is 32.1. The van der Waals surface area contributed by atoms with Gasteiger partial charge in [0.25, 0.3) is 0 Å². The lowest BCUT2D eigenvalue weighted by Gasteiger charge is -2.02. The zero-order valence-corrected chi connectivity index (χ0v) is 12.5. The number of aromatic amines is 1. The van der Waals surface area contributed by atoms with Gasteiger partial charge >= 0.3 is 0 Å². The molecule has 20 heavy (non-hydrogen) atoms. The number of nitrogens with one attached hydrogen (secondary N) is 1. The quantitative estimate of drug-likeness (QED) is 0.656. The normalized spacial score (nSPS) is 11.1. The van der Waals surface area contributed by atoms with Crippen molar-refractivity contribution < 1.29 is 4.74 Å². The van der Waals surface area contributed by atoms with Gasteiger partial charge in [-0.05, 0) is 55.4 Å². The number of H-pyrrole nitrogens is 1. The number of aromatic nitrogens is 3. The standard InChI is InChI=1S/C14H18N4OS/c1-3-5-13-16-17-14(20)18(13)15-10-11-6-8-12(9-7-11)19-4-2/h6-10H,3-5H2,1-2H3,(H,17,20)/b15-10+. The molecule has 5 nitrogen and oxygen atoms in total. The molecule has 0 bridgehead atoms. The molecule has 1 heterocycles. The summed E-state index contributed by atoms with van der Waals surface area (Å²) in [6, 6.07) is 7.76. The van der Waals surface area contributed by atoms with Gasteiger partial charge in [0.2, 0.25) is 4.77 Å². The molecule has 2 aromatic rings. The highest BCUT2D eigenvalue weighted by molar-refractivity contribution is 7.71. The number of benzene rings is 1. The van der Waals surface area contributed by atoms with E-state index < -0.39 is 0 Å². The van der Waals surface area contributed by atoms with Gasteiger partial charge in [-0.2, -0.15) is 14.9 Å². The first-order valence-corrected chi connectivity index (χ1v) is 7.09. The van der Waals surface area contributed by atoms with E-state index in [1.54, 1.807) is 10.9 Å². The van der Waals surface area contributed by atoms with Crippen LogP contribution in [0.5, 0.6) is 5.75 Å². The Kier molecular flexibility index (Phi) is 5.06. The SMILES string of the molecule is CCCc1n[nH]c(=S)n1/N=C/c1ccc(OCC)cc1. The Morgan fingerprint density at radius 1 is 1.35 bits per heavy atom. The van der Waals surface area contributed by atoms with Gasteiger partial charge in [0.15, 0.2) is 5.82 Å². The first kappa shape index (κ1) is 14.5. The third kappa shape index (κ3) is 3.54. The maximum atomic E-state index is 5.40. The molecular weight excluding hydrogens is 272 g/mol. The summed E-state index contributed by atoms with van der Waals surface area (Å²) in [5, 5.41) is 11.3. The van der Waals surface area contributed by atoms with Crippen LogP contribution in [0.3, 0.4) is 0 Å². The van der Waals surface area contributed by atoms with E-state index in [9.17, 15) is 0 Å². The van der Waals surface area contributed by atoms with Crippen LogP contribution in [-0.2, 0) is 6.42 Å². The fourth-order valence-corrected chi connectivity index (χ4v) is 1.97. The zero-order valence-electron chi connectivity index (χ0n) is 11.7. The van der Waals surface area contributed by atoms with Crippen molar-refractivity contribution in [1.82, 2.24) is 14.9 Å². The molecule has 0 spiro atoms. The predicted octanol–water partition coefficient (Wildman–Crippen LogP) is 3.17. The molecule has 0 saturated carbocycles. The molecule has 0 aliphatic heterocycles. The molecule has 106 valence electrons. The zero-order chi connectivity index (χ0) is 14.4. The Morgan fingerprint density at radius 2 is 2.10 bits per heavy atom. The van der Waals surface area contributed by atoms with Crippen LogP contribution in [0.25, 0.3) is 0 Å². The molecule has 2 rings (SSSR count). The van der Waals surface area contributed by atoms with Crippen LogP contribution in [0.1, 0.15) is 31.7 Å². The molecular formula is C14H18N4OS. The second kappa shape index (κ2) is 7.00. The second-order valence-electron chi connectivity index (χ2n) is 4.25. The molecule has 0 atom stereocenters. The van der Waals surface area contributed by atoms with Gasteiger partial charge < -0.3 is 4.74 Å². The summed E-state index contributed by atoms with van der Waals surface area (Å²) in [5.74, 6) is 1.70. The van der Waals surface area contributed by atoms with Gasteiger partial charge in [-0.1, -0.05) is 6.92 Å². The van der Waals surface area contributed by atoms with E-state index in [-0.39, 0.29) is 0 Å². The van der Waals surface area contributed by atoms with Gasteiger partial charge in [0.1, 0.15) is 5.75 Å².